The Morgan fingerprint density at radius 1 is 1.12 bits per heavy atom. The largest absolute Gasteiger partial charge is 0.362 e. The van der Waals surface area contributed by atoms with Crippen molar-refractivity contribution in [2.75, 3.05) is 19.6 Å². The summed E-state index contributed by atoms with van der Waals surface area (Å²) >= 11 is 0. The zero-order valence-corrected chi connectivity index (χ0v) is 16.1. The number of hydrogen-bond acceptors (Lipinski definition) is 2. The Morgan fingerprint density at radius 3 is 2.64 bits per heavy atom. The number of Topliss-reactive ketones (excluding diaryl/α,β-unsaturated/α-hetero) is 1. The number of piperidine rings is 1. The lowest BCUT2D eigenvalue weighted by molar-refractivity contribution is -0.0463. The maximum Gasteiger partial charge on any atom is 0.164 e. The lowest BCUT2D eigenvalue weighted by Crippen LogP contribution is -2.51. The van der Waals surface area contributed by atoms with Crippen molar-refractivity contribution in [3.63, 3.8) is 0 Å². The number of carbonyl (C=O) groups is 1. The number of nitrogens with one attached hydrogen (secondary N) is 1. The Bertz CT molecular complexity index is 624. The summed E-state index contributed by atoms with van der Waals surface area (Å²) in [6.07, 6.45) is 10.8. The average Bonchev–Trinajstić information content (AvgIpc) is 3.03. The molecule has 1 N–H and O–H groups in total. The smallest absolute Gasteiger partial charge is 0.164 e. The predicted octanol–water partition coefficient (Wildman–Crippen LogP) is 4.61. The first-order valence-electron chi connectivity index (χ1n) is 10.5. The molecular formula is C22H34N2O. The number of hydrogen-bond donors (Lipinski definition) is 1. The van der Waals surface area contributed by atoms with E-state index in [4.69, 9.17) is 0 Å². The van der Waals surface area contributed by atoms with Crippen LogP contribution in [0.15, 0.2) is 6.07 Å². The second-order valence-electron chi connectivity index (χ2n) is 9.31. The summed E-state index contributed by atoms with van der Waals surface area (Å²) < 4.78 is 0. The van der Waals surface area contributed by atoms with Crippen LogP contribution in [0, 0.1) is 17.3 Å². The molecule has 3 heteroatoms. The van der Waals surface area contributed by atoms with Crippen LogP contribution in [0.5, 0.6) is 0 Å². The van der Waals surface area contributed by atoms with E-state index in [-0.39, 0.29) is 0 Å². The van der Waals surface area contributed by atoms with Gasteiger partial charge in [-0.1, -0.05) is 20.3 Å². The van der Waals surface area contributed by atoms with Crippen molar-refractivity contribution in [2.24, 2.45) is 17.3 Å². The first kappa shape index (κ1) is 17.3. The minimum absolute atomic E-state index is 0.342. The first-order chi connectivity index (χ1) is 12.0. The zero-order valence-electron chi connectivity index (χ0n) is 16.1. The molecule has 0 aromatic carbocycles. The molecule has 0 bridgehead atoms. The Labute approximate surface area is 152 Å². The lowest BCUT2D eigenvalue weighted by Gasteiger charge is -2.54. The molecule has 3 nitrogen and oxygen atoms in total. The highest BCUT2D eigenvalue weighted by molar-refractivity contribution is 5.98. The zero-order chi connectivity index (χ0) is 17.4. The fourth-order valence-electron chi connectivity index (χ4n) is 5.41. The van der Waals surface area contributed by atoms with Gasteiger partial charge >= 0.3 is 0 Å². The molecule has 1 saturated carbocycles. The van der Waals surface area contributed by atoms with E-state index in [1.807, 2.05) is 0 Å². The van der Waals surface area contributed by atoms with Crippen molar-refractivity contribution in [2.45, 2.75) is 71.6 Å². The monoisotopic (exact) mass is 342 g/mol. The van der Waals surface area contributed by atoms with Gasteiger partial charge in [0, 0.05) is 29.9 Å². The third kappa shape index (κ3) is 3.45. The van der Waals surface area contributed by atoms with E-state index in [2.05, 4.69) is 29.8 Å². The maximum absolute atomic E-state index is 12.0. The number of fused-ring (bicyclic) bond motifs is 1. The summed E-state index contributed by atoms with van der Waals surface area (Å²) in [5, 5.41) is 0. The fraction of sp³-hybridized carbons (Fsp3) is 0.773. The van der Waals surface area contributed by atoms with Crippen molar-refractivity contribution < 1.29 is 4.79 Å². The van der Waals surface area contributed by atoms with Gasteiger partial charge < -0.3 is 9.88 Å². The average molecular weight is 343 g/mol. The second kappa shape index (κ2) is 6.90. The van der Waals surface area contributed by atoms with Gasteiger partial charge in [-0.3, -0.25) is 4.79 Å². The standard InChI is InChI=1S/C22H34N2O/c1-22(2)16(13-17(22)15-24-11-4-3-5-12-24)9-10-18-14-19-20(23-18)7-6-8-21(19)25/h14,16-17,23H,3-13,15H2,1-2H3/t16-,17+/m1/s1. The van der Waals surface area contributed by atoms with Gasteiger partial charge in [-0.05, 0) is 81.4 Å². The molecule has 25 heavy (non-hydrogen) atoms. The molecule has 4 rings (SSSR count). The molecule has 2 atom stereocenters. The van der Waals surface area contributed by atoms with Crippen molar-refractivity contribution in [3.8, 4) is 0 Å². The highest BCUT2D eigenvalue weighted by Crippen LogP contribution is 2.53. The number of nitrogens with zero attached hydrogens (tertiary/aromatic N) is 1. The maximum atomic E-state index is 12.0. The summed E-state index contributed by atoms with van der Waals surface area (Å²) in [6, 6.07) is 2.15. The molecule has 3 aliphatic rings. The number of aromatic nitrogens is 1. The van der Waals surface area contributed by atoms with Crippen LogP contribution in [0.2, 0.25) is 0 Å². The highest BCUT2D eigenvalue weighted by Gasteiger charge is 2.47. The summed E-state index contributed by atoms with van der Waals surface area (Å²) in [7, 11) is 0. The minimum Gasteiger partial charge on any atom is -0.362 e. The highest BCUT2D eigenvalue weighted by atomic mass is 16.1. The molecule has 1 aliphatic heterocycles. The van der Waals surface area contributed by atoms with E-state index in [0.29, 0.717) is 11.2 Å². The van der Waals surface area contributed by atoms with Crippen LogP contribution in [-0.2, 0) is 12.8 Å². The van der Waals surface area contributed by atoms with Crippen LogP contribution in [-0.4, -0.2) is 35.3 Å². The lowest BCUT2D eigenvalue weighted by atomic mass is 9.53. The van der Waals surface area contributed by atoms with E-state index in [1.54, 1.807) is 0 Å². The Balaban J connectivity index is 1.30. The number of aromatic amines is 1. The van der Waals surface area contributed by atoms with Crippen LogP contribution in [0.1, 0.15) is 80.5 Å². The fourth-order valence-corrected chi connectivity index (χ4v) is 5.41. The molecule has 2 heterocycles. The van der Waals surface area contributed by atoms with E-state index < -0.39 is 0 Å². The number of H-pyrrole nitrogens is 1. The third-order valence-corrected chi connectivity index (χ3v) is 7.45. The van der Waals surface area contributed by atoms with Gasteiger partial charge in [-0.15, -0.1) is 0 Å². The van der Waals surface area contributed by atoms with Crippen LogP contribution in [0.3, 0.4) is 0 Å². The van der Waals surface area contributed by atoms with Crippen molar-refractivity contribution in [3.05, 3.63) is 23.0 Å². The number of likely N-dealkylation sites (tertiary alicyclic amines) is 1. The molecule has 1 saturated heterocycles. The number of carbonyl (C=O) groups excluding carboxylic acids is 1. The predicted molar refractivity (Wildman–Crippen MR) is 102 cm³/mol. The third-order valence-electron chi connectivity index (χ3n) is 7.45. The van der Waals surface area contributed by atoms with Gasteiger partial charge in [0.15, 0.2) is 5.78 Å². The van der Waals surface area contributed by atoms with Gasteiger partial charge in [0.05, 0.1) is 0 Å². The Morgan fingerprint density at radius 2 is 1.92 bits per heavy atom. The number of ketones is 1. The normalized spacial score (nSPS) is 29.3. The van der Waals surface area contributed by atoms with Crippen LogP contribution >= 0.6 is 0 Å². The molecule has 0 unspecified atom stereocenters. The molecule has 2 aliphatic carbocycles. The quantitative estimate of drug-likeness (QED) is 0.848. The van der Waals surface area contributed by atoms with E-state index in [9.17, 15) is 4.79 Å². The van der Waals surface area contributed by atoms with Crippen LogP contribution in [0.25, 0.3) is 0 Å². The number of rotatable bonds is 5. The summed E-state index contributed by atoms with van der Waals surface area (Å²) in [4.78, 5) is 18.3. The van der Waals surface area contributed by atoms with E-state index >= 15 is 0 Å². The minimum atomic E-state index is 0.342. The second-order valence-corrected chi connectivity index (χ2v) is 9.31. The van der Waals surface area contributed by atoms with Gasteiger partial charge in [0.1, 0.15) is 0 Å². The van der Waals surface area contributed by atoms with Gasteiger partial charge in [0.25, 0.3) is 0 Å². The molecule has 0 radical (unpaired) electrons. The topological polar surface area (TPSA) is 36.1 Å². The van der Waals surface area contributed by atoms with Gasteiger partial charge in [-0.25, -0.2) is 0 Å². The van der Waals surface area contributed by atoms with Crippen molar-refractivity contribution in [1.82, 2.24) is 9.88 Å². The Hall–Kier alpha value is -1.09. The van der Waals surface area contributed by atoms with Crippen molar-refractivity contribution in [1.29, 1.82) is 0 Å². The first-order valence-corrected chi connectivity index (χ1v) is 10.5. The molecule has 0 spiro atoms. The van der Waals surface area contributed by atoms with Crippen LogP contribution < -0.4 is 0 Å². The van der Waals surface area contributed by atoms with Crippen LogP contribution in [0.4, 0.5) is 0 Å². The summed E-state index contributed by atoms with van der Waals surface area (Å²) in [6.45, 7) is 8.92. The summed E-state index contributed by atoms with van der Waals surface area (Å²) in [5.41, 5.74) is 3.94. The summed E-state index contributed by atoms with van der Waals surface area (Å²) in [5.74, 6) is 2.04. The van der Waals surface area contributed by atoms with Gasteiger partial charge in [0.2, 0.25) is 0 Å². The molecule has 1 aromatic heterocycles. The SMILES string of the molecule is CC1(C)[C@H](CCc2cc3c([nH]2)CCCC3=O)C[C@H]1CN1CCCCC1. The molecule has 0 amide bonds. The Kier molecular flexibility index (Phi) is 4.79. The van der Waals surface area contributed by atoms with Gasteiger partial charge in [-0.2, -0.15) is 0 Å². The molecule has 138 valence electrons. The van der Waals surface area contributed by atoms with E-state index in [0.717, 1.165) is 43.1 Å². The number of aryl methyl sites for hydroxylation is 2. The molecule has 2 fully saturated rings. The molecular weight excluding hydrogens is 308 g/mol. The van der Waals surface area contributed by atoms with E-state index in [1.165, 1.54) is 63.1 Å². The van der Waals surface area contributed by atoms with Crippen molar-refractivity contribution >= 4 is 5.78 Å². The molecule has 1 aromatic rings.